The molecule has 1 saturated heterocycles. The quantitative estimate of drug-likeness (QED) is 0.284. The minimum atomic E-state index is -1.09. The summed E-state index contributed by atoms with van der Waals surface area (Å²) in [5.41, 5.74) is 1.30. The number of benzene rings is 3. The molecule has 1 fully saturated rings. The van der Waals surface area contributed by atoms with Crippen LogP contribution >= 0.6 is 0 Å². The topological polar surface area (TPSA) is 115 Å². The Labute approximate surface area is 226 Å². The summed E-state index contributed by atoms with van der Waals surface area (Å²) < 4.78 is 17.8. The lowest BCUT2D eigenvalue weighted by atomic mass is 9.77. The van der Waals surface area contributed by atoms with Crippen LogP contribution in [0.2, 0.25) is 0 Å². The van der Waals surface area contributed by atoms with Gasteiger partial charge in [-0.25, -0.2) is 4.79 Å². The Hall–Kier alpha value is -4.02. The highest BCUT2D eigenvalue weighted by molar-refractivity contribution is 5.58. The molecule has 202 valence electrons. The summed E-state index contributed by atoms with van der Waals surface area (Å²) in [6, 6.07) is 29.3. The monoisotopic (exact) mass is 529 g/mol. The standard InChI is InChI=1S/C30H31N3O6/c1-37-23-15-13-22(14-16-23)30(20-9-5-3-6-10-20,21-11-7-4-8-12-21)32-25-17-18-33(29(36)31-25)28-27(38-2)26(35)24(19-34)39-28/h3-18,24,26-28,34-35H,19H2,1-2H3,(H,31,32,36)/t24-,26-,27-,28-/m1/s1. The van der Waals surface area contributed by atoms with E-state index in [1.165, 1.54) is 11.7 Å². The summed E-state index contributed by atoms with van der Waals surface area (Å²) >= 11 is 0. The summed E-state index contributed by atoms with van der Waals surface area (Å²) in [7, 11) is 3.04. The molecule has 1 aliphatic heterocycles. The molecule has 0 amide bonds. The van der Waals surface area contributed by atoms with E-state index in [1.54, 1.807) is 19.4 Å². The van der Waals surface area contributed by atoms with Crippen LogP contribution in [0.25, 0.3) is 0 Å². The third-order valence-corrected chi connectivity index (χ3v) is 7.12. The van der Waals surface area contributed by atoms with Gasteiger partial charge in [0.25, 0.3) is 0 Å². The number of ether oxygens (including phenoxy) is 3. The molecule has 5 rings (SSSR count). The maximum atomic E-state index is 13.3. The average molecular weight is 530 g/mol. The summed E-state index contributed by atoms with van der Waals surface area (Å²) in [5, 5.41) is 23.5. The van der Waals surface area contributed by atoms with Gasteiger partial charge in [0.15, 0.2) is 6.23 Å². The smallest absolute Gasteiger partial charge is 0.351 e. The second kappa shape index (κ2) is 11.4. The van der Waals surface area contributed by atoms with Crippen molar-refractivity contribution in [2.75, 3.05) is 26.1 Å². The van der Waals surface area contributed by atoms with Gasteiger partial charge in [-0.2, -0.15) is 4.98 Å². The summed E-state index contributed by atoms with van der Waals surface area (Å²) in [4.78, 5) is 17.6. The van der Waals surface area contributed by atoms with Crippen molar-refractivity contribution in [3.8, 4) is 5.75 Å². The lowest BCUT2D eigenvalue weighted by Crippen LogP contribution is -2.40. The summed E-state index contributed by atoms with van der Waals surface area (Å²) in [6.45, 7) is -0.405. The fourth-order valence-corrected chi connectivity index (χ4v) is 5.15. The van der Waals surface area contributed by atoms with Crippen LogP contribution in [0.5, 0.6) is 5.75 Å². The van der Waals surface area contributed by atoms with Gasteiger partial charge in [0, 0.05) is 13.3 Å². The van der Waals surface area contributed by atoms with Crippen LogP contribution in [-0.4, -0.2) is 58.9 Å². The van der Waals surface area contributed by atoms with Crippen LogP contribution < -0.4 is 15.7 Å². The number of hydrogen-bond donors (Lipinski definition) is 3. The molecule has 4 atom stereocenters. The number of anilines is 1. The first kappa shape index (κ1) is 26.6. The first-order chi connectivity index (χ1) is 19.0. The van der Waals surface area contributed by atoms with Crippen LogP contribution in [0.15, 0.2) is 102 Å². The maximum Gasteiger partial charge on any atom is 0.351 e. The largest absolute Gasteiger partial charge is 0.497 e. The van der Waals surface area contributed by atoms with Crippen molar-refractivity contribution >= 4 is 5.82 Å². The minimum absolute atomic E-state index is 0.339. The molecule has 4 aromatic rings. The van der Waals surface area contributed by atoms with Gasteiger partial charge in [-0.3, -0.25) is 4.57 Å². The number of methoxy groups -OCH3 is 2. The van der Waals surface area contributed by atoms with Crippen molar-refractivity contribution in [2.45, 2.75) is 30.1 Å². The molecule has 0 spiro atoms. The molecule has 3 N–H and O–H groups in total. The number of aliphatic hydroxyl groups excluding tert-OH is 2. The van der Waals surface area contributed by atoms with Crippen molar-refractivity contribution < 1.29 is 24.4 Å². The molecular formula is C30H31N3O6. The Kier molecular flexibility index (Phi) is 7.76. The molecule has 39 heavy (non-hydrogen) atoms. The van der Waals surface area contributed by atoms with E-state index in [0.717, 1.165) is 22.4 Å². The third kappa shape index (κ3) is 4.93. The number of rotatable bonds is 9. The first-order valence-corrected chi connectivity index (χ1v) is 12.6. The number of nitrogens with zero attached hydrogens (tertiary/aromatic N) is 2. The van der Waals surface area contributed by atoms with E-state index in [-0.39, 0.29) is 0 Å². The molecule has 0 bridgehead atoms. The molecule has 0 saturated carbocycles. The van der Waals surface area contributed by atoms with Gasteiger partial charge in [-0.05, 0) is 34.9 Å². The Balaban J connectivity index is 1.62. The lowest BCUT2D eigenvalue weighted by molar-refractivity contribution is -0.0624. The normalized spacial score (nSPS) is 21.0. The predicted molar refractivity (Wildman–Crippen MR) is 146 cm³/mol. The van der Waals surface area contributed by atoms with E-state index in [2.05, 4.69) is 10.3 Å². The Morgan fingerprint density at radius 2 is 1.51 bits per heavy atom. The number of nitrogens with one attached hydrogen (secondary N) is 1. The molecule has 0 unspecified atom stereocenters. The van der Waals surface area contributed by atoms with Gasteiger partial charge < -0.3 is 29.7 Å². The molecule has 3 aromatic carbocycles. The molecular weight excluding hydrogens is 498 g/mol. The highest BCUT2D eigenvalue weighted by atomic mass is 16.6. The minimum Gasteiger partial charge on any atom is -0.497 e. The molecule has 2 heterocycles. The Morgan fingerprint density at radius 1 is 0.923 bits per heavy atom. The fraction of sp³-hybridized carbons (Fsp3) is 0.267. The van der Waals surface area contributed by atoms with Gasteiger partial charge in [0.1, 0.15) is 35.4 Å². The van der Waals surface area contributed by atoms with Gasteiger partial charge in [0.2, 0.25) is 0 Å². The van der Waals surface area contributed by atoms with Gasteiger partial charge >= 0.3 is 5.69 Å². The maximum absolute atomic E-state index is 13.3. The SMILES string of the molecule is COc1ccc(C(Nc2ccn([C@@H]3O[C@H](CO)[C@@H](O)[C@H]3OC)c(=O)n2)(c2ccccc2)c2ccccc2)cc1. The second-order valence-corrected chi connectivity index (χ2v) is 9.28. The van der Waals surface area contributed by atoms with Crippen molar-refractivity contribution in [1.29, 1.82) is 0 Å². The Morgan fingerprint density at radius 3 is 2.03 bits per heavy atom. The molecule has 0 aliphatic carbocycles. The average Bonchev–Trinajstić information content (AvgIpc) is 3.31. The van der Waals surface area contributed by atoms with E-state index in [9.17, 15) is 15.0 Å². The van der Waals surface area contributed by atoms with Crippen molar-refractivity contribution in [2.24, 2.45) is 0 Å². The fourth-order valence-electron chi connectivity index (χ4n) is 5.15. The van der Waals surface area contributed by atoms with Crippen LogP contribution in [0.1, 0.15) is 22.9 Å². The first-order valence-electron chi connectivity index (χ1n) is 12.6. The van der Waals surface area contributed by atoms with Crippen LogP contribution in [0, 0.1) is 0 Å². The zero-order valence-electron chi connectivity index (χ0n) is 21.7. The van der Waals surface area contributed by atoms with Crippen LogP contribution in [0.3, 0.4) is 0 Å². The number of hydrogen-bond acceptors (Lipinski definition) is 8. The molecule has 9 heteroatoms. The van der Waals surface area contributed by atoms with Crippen molar-refractivity contribution in [3.63, 3.8) is 0 Å². The van der Waals surface area contributed by atoms with Crippen LogP contribution in [0.4, 0.5) is 5.82 Å². The van der Waals surface area contributed by atoms with Crippen LogP contribution in [-0.2, 0) is 15.0 Å². The van der Waals surface area contributed by atoms with Gasteiger partial charge in [0.05, 0.1) is 13.7 Å². The van der Waals surface area contributed by atoms with E-state index in [0.29, 0.717) is 5.82 Å². The van der Waals surface area contributed by atoms with Gasteiger partial charge in [-0.1, -0.05) is 72.8 Å². The van der Waals surface area contributed by atoms with E-state index < -0.39 is 42.4 Å². The van der Waals surface area contributed by atoms with E-state index >= 15 is 0 Å². The molecule has 1 aromatic heterocycles. The van der Waals surface area contributed by atoms with E-state index in [1.807, 2.05) is 84.9 Å². The molecule has 0 radical (unpaired) electrons. The highest BCUT2D eigenvalue weighted by Gasteiger charge is 2.45. The third-order valence-electron chi connectivity index (χ3n) is 7.12. The zero-order valence-corrected chi connectivity index (χ0v) is 21.7. The van der Waals surface area contributed by atoms with Crippen molar-refractivity contribution in [3.05, 3.63) is 124 Å². The lowest BCUT2D eigenvalue weighted by Gasteiger charge is -2.37. The van der Waals surface area contributed by atoms with Crippen molar-refractivity contribution in [1.82, 2.24) is 9.55 Å². The zero-order chi connectivity index (χ0) is 27.4. The Bertz CT molecular complexity index is 1390. The highest BCUT2D eigenvalue weighted by Crippen LogP contribution is 2.40. The number of aromatic nitrogens is 2. The van der Waals surface area contributed by atoms with Gasteiger partial charge in [-0.15, -0.1) is 0 Å². The molecule has 9 nitrogen and oxygen atoms in total. The predicted octanol–water partition coefficient (Wildman–Crippen LogP) is 2.92. The van der Waals surface area contributed by atoms with E-state index in [4.69, 9.17) is 14.2 Å². The summed E-state index contributed by atoms with van der Waals surface area (Å²) in [6.07, 6.45) is -2.19. The number of aliphatic hydroxyl groups is 2. The molecule has 1 aliphatic rings. The summed E-state index contributed by atoms with van der Waals surface area (Å²) in [5.74, 6) is 1.06. The second-order valence-electron chi connectivity index (χ2n) is 9.28.